The normalized spacial score (nSPS) is 10.7. The molecule has 0 spiro atoms. The molecule has 0 atom stereocenters. The zero-order valence-corrected chi connectivity index (χ0v) is 18.0. The van der Waals surface area contributed by atoms with Gasteiger partial charge in [0.25, 0.3) is 5.91 Å². The van der Waals surface area contributed by atoms with Crippen molar-refractivity contribution in [2.24, 2.45) is 0 Å². The van der Waals surface area contributed by atoms with Crippen molar-refractivity contribution < 1.29 is 9.53 Å². The van der Waals surface area contributed by atoms with Gasteiger partial charge in [-0.3, -0.25) is 9.78 Å². The molecule has 0 unspecified atom stereocenters. The van der Waals surface area contributed by atoms with Crippen LogP contribution in [0.25, 0.3) is 16.9 Å². The van der Waals surface area contributed by atoms with Gasteiger partial charge in [0.15, 0.2) is 0 Å². The van der Waals surface area contributed by atoms with Crippen molar-refractivity contribution in [1.29, 1.82) is 0 Å². The fourth-order valence-electron chi connectivity index (χ4n) is 3.36. The molecule has 4 aromatic rings. The van der Waals surface area contributed by atoms with Gasteiger partial charge in [-0.1, -0.05) is 29.8 Å². The summed E-state index contributed by atoms with van der Waals surface area (Å²) in [5.41, 5.74) is 3.52. The first-order valence-electron chi connectivity index (χ1n) is 9.70. The van der Waals surface area contributed by atoms with Gasteiger partial charge in [-0.25, -0.2) is 4.68 Å². The van der Waals surface area contributed by atoms with E-state index in [-0.39, 0.29) is 5.91 Å². The molecule has 2 aromatic heterocycles. The smallest absolute Gasteiger partial charge is 0.257 e. The van der Waals surface area contributed by atoms with E-state index in [4.69, 9.17) is 21.4 Å². The summed E-state index contributed by atoms with van der Waals surface area (Å²) in [6, 6.07) is 18.8. The summed E-state index contributed by atoms with van der Waals surface area (Å²) >= 11 is 6.15. The molecule has 2 heterocycles. The predicted molar refractivity (Wildman–Crippen MR) is 121 cm³/mol. The number of rotatable bonds is 6. The van der Waals surface area contributed by atoms with Crippen LogP contribution in [0.5, 0.6) is 5.75 Å². The lowest BCUT2D eigenvalue weighted by atomic mass is 10.1. The van der Waals surface area contributed by atoms with Crippen LogP contribution in [0.1, 0.15) is 15.9 Å². The highest BCUT2D eigenvalue weighted by Gasteiger charge is 2.22. The molecule has 2 aromatic carbocycles. The fourth-order valence-corrected chi connectivity index (χ4v) is 3.56. The number of para-hydroxylation sites is 1. The minimum absolute atomic E-state index is 0.164. The molecule has 0 fully saturated rings. The standard InChI is InChI=1S/C24H21ClN4O2/c1-28(15-18-13-19(25)10-11-22(18)31-2)24(30)21-16-29(20-8-4-3-5-9-20)27-23(21)17-7-6-12-26-14-17/h3-14,16H,15H2,1-2H3. The number of carbonyl (C=O) groups excluding carboxylic acids is 1. The van der Waals surface area contributed by atoms with Crippen molar-refractivity contribution >= 4 is 17.5 Å². The van der Waals surface area contributed by atoms with E-state index in [1.807, 2.05) is 42.5 Å². The summed E-state index contributed by atoms with van der Waals surface area (Å²) < 4.78 is 7.13. The first kappa shape index (κ1) is 20.6. The van der Waals surface area contributed by atoms with Gasteiger partial charge in [0, 0.05) is 48.3 Å². The van der Waals surface area contributed by atoms with Gasteiger partial charge < -0.3 is 9.64 Å². The molecule has 0 saturated carbocycles. The molecule has 0 aliphatic rings. The number of hydrogen-bond donors (Lipinski definition) is 0. The third kappa shape index (κ3) is 4.44. The van der Waals surface area contributed by atoms with Crippen molar-refractivity contribution in [3.63, 3.8) is 0 Å². The summed E-state index contributed by atoms with van der Waals surface area (Å²) in [6.45, 7) is 0.339. The molecule has 7 heteroatoms. The van der Waals surface area contributed by atoms with E-state index in [0.29, 0.717) is 28.6 Å². The second-order valence-corrected chi connectivity index (χ2v) is 7.47. The molecule has 31 heavy (non-hydrogen) atoms. The van der Waals surface area contributed by atoms with Crippen molar-refractivity contribution in [3.8, 4) is 22.7 Å². The topological polar surface area (TPSA) is 60.2 Å². The molecular formula is C24H21ClN4O2. The van der Waals surface area contributed by atoms with Crippen LogP contribution in [-0.4, -0.2) is 39.7 Å². The number of amides is 1. The van der Waals surface area contributed by atoms with Crippen LogP contribution in [-0.2, 0) is 6.54 Å². The van der Waals surface area contributed by atoms with E-state index in [0.717, 1.165) is 16.8 Å². The van der Waals surface area contributed by atoms with Gasteiger partial charge in [0.1, 0.15) is 11.4 Å². The Kier molecular flexibility index (Phi) is 6.00. The van der Waals surface area contributed by atoms with Crippen molar-refractivity contribution in [2.75, 3.05) is 14.2 Å². The van der Waals surface area contributed by atoms with Crippen molar-refractivity contribution in [1.82, 2.24) is 19.7 Å². The summed E-state index contributed by atoms with van der Waals surface area (Å²) in [4.78, 5) is 19.3. The van der Waals surface area contributed by atoms with E-state index in [1.54, 1.807) is 60.5 Å². The highest BCUT2D eigenvalue weighted by atomic mass is 35.5. The van der Waals surface area contributed by atoms with Crippen LogP contribution in [0.15, 0.2) is 79.3 Å². The number of pyridine rings is 1. The lowest BCUT2D eigenvalue weighted by Crippen LogP contribution is -2.26. The Labute approximate surface area is 185 Å². The quantitative estimate of drug-likeness (QED) is 0.436. The Bertz CT molecular complexity index is 1190. The lowest BCUT2D eigenvalue weighted by Gasteiger charge is -2.19. The average Bonchev–Trinajstić information content (AvgIpc) is 3.25. The summed E-state index contributed by atoms with van der Waals surface area (Å²) in [5, 5.41) is 5.28. The number of nitrogens with zero attached hydrogens (tertiary/aromatic N) is 4. The number of carbonyl (C=O) groups is 1. The van der Waals surface area contributed by atoms with E-state index in [2.05, 4.69) is 4.98 Å². The van der Waals surface area contributed by atoms with Crippen molar-refractivity contribution in [2.45, 2.75) is 6.54 Å². The van der Waals surface area contributed by atoms with Crippen LogP contribution in [0.2, 0.25) is 5.02 Å². The number of methoxy groups -OCH3 is 1. The van der Waals surface area contributed by atoms with E-state index < -0.39 is 0 Å². The largest absolute Gasteiger partial charge is 0.496 e. The number of benzene rings is 2. The van der Waals surface area contributed by atoms with Gasteiger partial charge in [-0.2, -0.15) is 5.10 Å². The van der Waals surface area contributed by atoms with Gasteiger partial charge in [0.2, 0.25) is 0 Å². The van der Waals surface area contributed by atoms with Crippen LogP contribution in [0.3, 0.4) is 0 Å². The number of ether oxygens (including phenoxy) is 1. The van der Waals surface area contributed by atoms with Gasteiger partial charge >= 0.3 is 0 Å². The molecule has 156 valence electrons. The lowest BCUT2D eigenvalue weighted by molar-refractivity contribution is 0.0785. The zero-order chi connectivity index (χ0) is 21.8. The van der Waals surface area contributed by atoms with E-state index in [9.17, 15) is 4.79 Å². The average molecular weight is 433 g/mol. The predicted octanol–water partition coefficient (Wildman–Crippen LogP) is 4.87. The van der Waals surface area contributed by atoms with Crippen LogP contribution in [0, 0.1) is 0 Å². The molecule has 0 aliphatic heterocycles. The molecular weight excluding hydrogens is 412 g/mol. The monoisotopic (exact) mass is 432 g/mol. The fraction of sp³-hybridized carbons (Fsp3) is 0.125. The van der Waals surface area contributed by atoms with E-state index >= 15 is 0 Å². The SMILES string of the molecule is COc1ccc(Cl)cc1CN(C)C(=O)c1cn(-c2ccccc2)nc1-c1cccnc1. The second-order valence-electron chi connectivity index (χ2n) is 7.03. The maximum atomic E-state index is 13.5. The second kappa shape index (κ2) is 9.02. The van der Waals surface area contributed by atoms with Gasteiger partial charge in [-0.05, 0) is 42.5 Å². The van der Waals surface area contributed by atoms with Gasteiger partial charge in [-0.15, -0.1) is 0 Å². The summed E-state index contributed by atoms with van der Waals surface area (Å²) in [5.74, 6) is 0.513. The molecule has 6 nitrogen and oxygen atoms in total. The first-order valence-corrected chi connectivity index (χ1v) is 10.1. The molecule has 1 amide bonds. The third-order valence-electron chi connectivity index (χ3n) is 4.90. The Balaban J connectivity index is 1.71. The van der Waals surface area contributed by atoms with Crippen LogP contribution >= 0.6 is 11.6 Å². The third-order valence-corrected chi connectivity index (χ3v) is 5.13. The molecule has 4 rings (SSSR count). The Morgan fingerprint density at radius 1 is 1.13 bits per heavy atom. The maximum Gasteiger partial charge on any atom is 0.257 e. The maximum absolute atomic E-state index is 13.5. The minimum Gasteiger partial charge on any atom is -0.496 e. The van der Waals surface area contributed by atoms with Gasteiger partial charge in [0.05, 0.1) is 18.4 Å². The highest BCUT2D eigenvalue weighted by Crippen LogP contribution is 2.27. The zero-order valence-electron chi connectivity index (χ0n) is 17.2. The number of halogens is 1. The molecule has 0 radical (unpaired) electrons. The van der Waals surface area contributed by atoms with Crippen LogP contribution in [0.4, 0.5) is 0 Å². The Hall–Kier alpha value is -3.64. The molecule has 0 saturated heterocycles. The Morgan fingerprint density at radius 3 is 2.65 bits per heavy atom. The number of aromatic nitrogens is 3. The molecule has 0 aliphatic carbocycles. The van der Waals surface area contributed by atoms with E-state index in [1.165, 1.54) is 0 Å². The number of hydrogen-bond acceptors (Lipinski definition) is 4. The first-order chi connectivity index (χ1) is 15.1. The van der Waals surface area contributed by atoms with Crippen molar-refractivity contribution in [3.05, 3.63) is 95.4 Å². The summed E-state index contributed by atoms with van der Waals surface area (Å²) in [6.07, 6.45) is 5.15. The summed E-state index contributed by atoms with van der Waals surface area (Å²) in [7, 11) is 3.34. The Morgan fingerprint density at radius 2 is 1.94 bits per heavy atom. The molecule has 0 bridgehead atoms. The minimum atomic E-state index is -0.164. The molecule has 0 N–H and O–H groups in total. The highest BCUT2D eigenvalue weighted by molar-refractivity contribution is 6.30. The van der Waals surface area contributed by atoms with Crippen LogP contribution < -0.4 is 4.74 Å².